The molecule has 0 aromatic heterocycles. The van der Waals surface area contributed by atoms with Crippen molar-refractivity contribution in [3.8, 4) is 0 Å². The van der Waals surface area contributed by atoms with Crippen LogP contribution in [0.1, 0.15) is 12.8 Å². The average Bonchev–Trinajstić information content (AvgIpc) is 2.68. The molecule has 3 N–H and O–H groups in total. The number of anilines is 2. The molecule has 1 heterocycles. The number of rotatable bonds is 2. The molecule has 5 heteroatoms. The molecule has 2 rings (SSSR count). The minimum Gasteiger partial charge on any atom is -0.399 e. The molecule has 1 aliphatic heterocycles. The third kappa shape index (κ3) is 2.66. The first-order chi connectivity index (χ1) is 7.65. The summed E-state index contributed by atoms with van der Waals surface area (Å²) in [5.41, 5.74) is 6.23. The van der Waals surface area contributed by atoms with E-state index in [1.165, 1.54) is 12.1 Å². The molecule has 1 atom stereocenters. The Bertz CT molecular complexity index is 385. The van der Waals surface area contributed by atoms with Gasteiger partial charge >= 0.3 is 0 Å². The molecular weight excluding hydrogens is 227 g/mol. The van der Waals surface area contributed by atoms with E-state index in [1.54, 1.807) is 17.8 Å². The summed E-state index contributed by atoms with van der Waals surface area (Å²) in [7, 11) is 0. The van der Waals surface area contributed by atoms with Crippen LogP contribution in [0, 0.1) is 5.82 Å². The van der Waals surface area contributed by atoms with Gasteiger partial charge in [0.25, 0.3) is 0 Å². The molecule has 1 aliphatic rings. The van der Waals surface area contributed by atoms with E-state index in [4.69, 9.17) is 5.73 Å². The van der Waals surface area contributed by atoms with Crippen LogP contribution in [0.4, 0.5) is 15.8 Å². The second-order valence-electron chi connectivity index (χ2n) is 3.76. The molecule has 16 heavy (non-hydrogen) atoms. The van der Waals surface area contributed by atoms with Crippen molar-refractivity contribution in [1.29, 1.82) is 0 Å². The Hall–Kier alpha value is -1.23. The van der Waals surface area contributed by atoms with Crippen LogP contribution in [-0.4, -0.2) is 16.9 Å². The van der Waals surface area contributed by atoms with Crippen LogP contribution in [0.3, 0.4) is 0 Å². The highest BCUT2D eigenvalue weighted by molar-refractivity contribution is 8.00. The van der Waals surface area contributed by atoms with Gasteiger partial charge in [0.05, 0.1) is 5.25 Å². The Morgan fingerprint density at radius 3 is 2.94 bits per heavy atom. The van der Waals surface area contributed by atoms with Crippen molar-refractivity contribution < 1.29 is 9.18 Å². The Morgan fingerprint density at radius 2 is 2.31 bits per heavy atom. The Labute approximate surface area is 97.6 Å². The summed E-state index contributed by atoms with van der Waals surface area (Å²) in [6, 6.07) is 4.05. The zero-order chi connectivity index (χ0) is 11.5. The predicted octanol–water partition coefficient (Wildman–Crippen LogP) is 2.24. The minimum absolute atomic E-state index is 0.00973. The molecule has 3 nitrogen and oxygen atoms in total. The number of nitrogen functional groups attached to an aromatic ring is 1. The maximum Gasteiger partial charge on any atom is 0.237 e. The molecule has 0 saturated carbocycles. The summed E-state index contributed by atoms with van der Waals surface area (Å²) < 4.78 is 13.0. The van der Waals surface area contributed by atoms with Gasteiger partial charge in [-0.1, -0.05) is 0 Å². The summed E-state index contributed by atoms with van der Waals surface area (Å²) in [4.78, 5) is 11.7. The molecule has 0 aliphatic carbocycles. The molecule has 1 amide bonds. The smallest absolute Gasteiger partial charge is 0.237 e. The van der Waals surface area contributed by atoms with E-state index in [0.29, 0.717) is 11.4 Å². The van der Waals surface area contributed by atoms with E-state index in [-0.39, 0.29) is 11.2 Å². The second kappa shape index (κ2) is 4.74. The normalized spacial score (nSPS) is 19.7. The highest BCUT2D eigenvalue weighted by atomic mass is 32.2. The van der Waals surface area contributed by atoms with Gasteiger partial charge in [-0.3, -0.25) is 4.79 Å². The minimum atomic E-state index is -0.436. The lowest BCUT2D eigenvalue weighted by Gasteiger charge is -2.10. The molecule has 1 aromatic rings. The third-order valence-corrected chi connectivity index (χ3v) is 3.79. The van der Waals surface area contributed by atoms with Crippen LogP contribution < -0.4 is 11.1 Å². The largest absolute Gasteiger partial charge is 0.399 e. The fraction of sp³-hybridized carbons (Fsp3) is 0.364. The monoisotopic (exact) mass is 240 g/mol. The van der Waals surface area contributed by atoms with Crippen molar-refractivity contribution in [1.82, 2.24) is 0 Å². The van der Waals surface area contributed by atoms with E-state index in [0.717, 1.165) is 18.6 Å². The van der Waals surface area contributed by atoms with Gasteiger partial charge in [0.2, 0.25) is 5.91 Å². The molecule has 1 fully saturated rings. The van der Waals surface area contributed by atoms with Gasteiger partial charge in [-0.15, -0.1) is 11.8 Å². The number of hydrogen-bond acceptors (Lipinski definition) is 3. The number of amides is 1. The first kappa shape index (κ1) is 11.3. The summed E-state index contributed by atoms with van der Waals surface area (Å²) in [5.74, 6) is 0.519. The summed E-state index contributed by atoms with van der Waals surface area (Å²) in [6.07, 6.45) is 1.95. The number of thioether (sulfide) groups is 1. The number of carbonyl (C=O) groups is 1. The van der Waals surface area contributed by atoms with E-state index >= 15 is 0 Å². The summed E-state index contributed by atoms with van der Waals surface area (Å²) in [5, 5.41) is 2.68. The number of hydrogen-bond donors (Lipinski definition) is 2. The van der Waals surface area contributed by atoms with Crippen LogP contribution in [0.25, 0.3) is 0 Å². The molecule has 86 valence electrons. The van der Waals surface area contributed by atoms with Gasteiger partial charge in [0.1, 0.15) is 5.82 Å². The van der Waals surface area contributed by atoms with E-state index in [9.17, 15) is 9.18 Å². The molecule has 0 bridgehead atoms. The van der Waals surface area contributed by atoms with Gasteiger partial charge in [-0.25, -0.2) is 4.39 Å². The Balaban J connectivity index is 2.05. The lowest BCUT2D eigenvalue weighted by Crippen LogP contribution is -2.22. The molecule has 0 radical (unpaired) electrons. The zero-order valence-corrected chi connectivity index (χ0v) is 9.52. The average molecular weight is 240 g/mol. The quantitative estimate of drug-likeness (QED) is 0.779. The van der Waals surface area contributed by atoms with Crippen molar-refractivity contribution in [2.45, 2.75) is 18.1 Å². The third-order valence-electron chi connectivity index (χ3n) is 2.41. The SMILES string of the molecule is Nc1cc(F)cc(NC(=O)C2CCCS2)c1. The Morgan fingerprint density at radius 1 is 1.50 bits per heavy atom. The van der Waals surface area contributed by atoms with Crippen LogP contribution in [0.2, 0.25) is 0 Å². The number of halogens is 1. The standard InChI is InChI=1S/C11H13FN2OS/c12-7-4-8(13)6-9(5-7)14-11(15)10-2-1-3-16-10/h4-6,10H,1-3,13H2,(H,14,15). The molecular formula is C11H13FN2OS. The lowest BCUT2D eigenvalue weighted by molar-refractivity contribution is -0.115. The second-order valence-corrected chi connectivity index (χ2v) is 5.07. The van der Waals surface area contributed by atoms with Crippen LogP contribution in [0.5, 0.6) is 0 Å². The fourth-order valence-corrected chi connectivity index (χ4v) is 2.85. The number of nitrogens with one attached hydrogen (secondary N) is 1. The van der Waals surface area contributed by atoms with E-state index in [1.807, 2.05) is 0 Å². The highest BCUT2D eigenvalue weighted by Gasteiger charge is 2.23. The molecule has 1 unspecified atom stereocenters. The van der Waals surface area contributed by atoms with Gasteiger partial charge < -0.3 is 11.1 Å². The lowest BCUT2D eigenvalue weighted by atomic mass is 10.2. The van der Waals surface area contributed by atoms with Gasteiger partial charge in [0.15, 0.2) is 0 Å². The Kier molecular flexibility index (Phi) is 3.33. The van der Waals surface area contributed by atoms with Crippen molar-refractivity contribution in [2.24, 2.45) is 0 Å². The van der Waals surface area contributed by atoms with E-state index < -0.39 is 5.82 Å². The summed E-state index contributed by atoms with van der Waals surface area (Å²) >= 11 is 1.64. The first-order valence-electron chi connectivity index (χ1n) is 5.14. The highest BCUT2D eigenvalue weighted by Crippen LogP contribution is 2.27. The van der Waals surface area contributed by atoms with Crippen molar-refractivity contribution >= 4 is 29.0 Å². The van der Waals surface area contributed by atoms with Crippen LogP contribution in [-0.2, 0) is 4.79 Å². The number of nitrogens with two attached hydrogens (primary N) is 1. The molecule has 1 aromatic carbocycles. The van der Waals surface area contributed by atoms with Crippen molar-refractivity contribution in [3.63, 3.8) is 0 Å². The van der Waals surface area contributed by atoms with Crippen molar-refractivity contribution in [2.75, 3.05) is 16.8 Å². The van der Waals surface area contributed by atoms with Crippen LogP contribution in [0.15, 0.2) is 18.2 Å². The number of benzene rings is 1. The molecule has 0 spiro atoms. The fourth-order valence-electron chi connectivity index (χ4n) is 1.69. The zero-order valence-electron chi connectivity index (χ0n) is 8.70. The van der Waals surface area contributed by atoms with Gasteiger partial charge in [-0.05, 0) is 36.8 Å². The topological polar surface area (TPSA) is 55.1 Å². The maximum atomic E-state index is 13.0. The summed E-state index contributed by atoms with van der Waals surface area (Å²) in [6.45, 7) is 0. The predicted molar refractivity (Wildman–Crippen MR) is 64.9 cm³/mol. The molecule has 1 saturated heterocycles. The van der Waals surface area contributed by atoms with Crippen LogP contribution >= 0.6 is 11.8 Å². The van der Waals surface area contributed by atoms with Gasteiger partial charge in [0, 0.05) is 11.4 Å². The van der Waals surface area contributed by atoms with E-state index in [2.05, 4.69) is 5.32 Å². The van der Waals surface area contributed by atoms with Crippen molar-refractivity contribution in [3.05, 3.63) is 24.0 Å². The van der Waals surface area contributed by atoms with Gasteiger partial charge in [-0.2, -0.15) is 0 Å². The first-order valence-corrected chi connectivity index (χ1v) is 6.18. The maximum absolute atomic E-state index is 13.0. The number of carbonyl (C=O) groups excluding carboxylic acids is 1.